The minimum absolute atomic E-state index is 0.0866. The third kappa shape index (κ3) is 3.59. The fourth-order valence-electron chi connectivity index (χ4n) is 2.03. The summed E-state index contributed by atoms with van der Waals surface area (Å²) in [5.74, 6) is 0.0866. The van der Waals surface area contributed by atoms with Gasteiger partial charge in [0.2, 0.25) is 0 Å². The number of phenols is 1. The van der Waals surface area contributed by atoms with E-state index < -0.39 is 5.60 Å². The highest BCUT2D eigenvalue weighted by Gasteiger charge is 2.28. The maximum atomic E-state index is 10.2. The predicted octanol–water partition coefficient (Wildman–Crippen LogP) is 1.68. The molecule has 0 aliphatic carbocycles. The molecule has 1 saturated heterocycles. The van der Waals surface area contributed by atoms with E-state index in [0.717, 1.165) is 5.56 Å². The summed E-state index contributed by atoms with van der Waals surface area (Å²) in [6.07, 6.45) is 1.33. The van der Waals surface area contributed by atoms with Gasteiger partial charge in [0.05, 0.1) is 10.6 Å². The molecule has 3 N–H and O–H groups in total. The van der Waals surface area contributed by atoms with Crippen molar-refractivity contribution in [1.29, 1.82) is 0 Å². The lowest BCUT2D eigenvalue weighted by molar-refractivity contribution is -0.0617. The van der Waals surface area contributed by atoms with Gasteiger partial charge in [-0.15, -0.1) is 0 Å². The van der Waals surface area contributed by atoms with Gasteiger partial charge in [-0.2, -0.15) is 0 Å². The number of halogens is 1. The molecule has 2 rings (SSSR count). The Morgan fingerprint density at radius 3 is 2.72 bits per heavy atom. The number of nitrogens with one attached hydrogen (secondary N) is 1. The third-order valence-electron chi connectivity index (χ3n) is 3.22. The molecule has 1 aromatic carbocycles. The molecular weight excluding hydrogens is 254 g/mol. The molecule has 0 atom stereocenters. The molecule has 0 radical (unpaired) electrons. The third-order valence-corrected chi connectivity index (χ3v) is 3.52. The van der Waals surface area contributed by atoms with Gasteiger partial charge in [0.25, 0.3) is 0 Å². The van der Waals surface area contributed by atoms with Gasteiger partial charge in [-0.3, -0.25) is 0 Å². The van der Waals surface area contributed by atoms with E-state index in [-0.39, 0.29) is 5.75 Å². The quantitative estimate of drug-likeness (QED) is 0.780. The zero-order valence-corrected chi connectivity index (χ0v) is 10.9. The monoisotopic (exact) mass is 271 g/mol. The van der Waals surface area contributed by atoms with Gasteiger partial charge < -0.3 is 20.3 Å². The average Bonchev–Trinajstić information content (AvgIpc) is 2.34. The summed E-state index contributed by atoms with van der Waals surface area (Å²) in [6.45, 7) is 2.38. The second-order valence-electron chi connectivity index (χ2n) is 4.73. The molecule has 0 spiro atoms. The number of aromatic hydroxyl groups is 1. The topological polar surface area (TPSA) is 61.7 Å². The molecule has 0 aromatic heterocycles. The molecule has 100 valence electrons. The van der Waals surface area contributed by atoms with Gasteiger partial charge in [-0.1, -0.05) is 17.7 Å². The molecule has 4 nitrogen and oxygen atoms in total. The van der Waals surface area contributed by atoms with Crippen LogP contribution in [0.5, 0.6) is 5.75 Å². The summed E-state index contributed by atoms with van der Waals surface area (Å²) in [7, 11) is 0. The Morgan fingerprint density at radius 2 is 2.06 bits per heavy atom. The molecule has 0 unspecified atom stereocenters. The fraction of sp³-hybridized carbons (Fsp3) is 0.538. The van der Waals surface area contributed by atoms with Crippen LogP contribution in [0.15, 0.2) is 18.2 Å². The van der Waals surface area contributed by atoms with E-state index in [4.69, 9.17) is 16.3 Å². The first-order chi connectivity index (χ1) is 8.59. The minimum Gasteiger partial charge on any atom is -0.506 e. The molecule has 1 aliphatic rings. The number of phenolic OH excluding ortho intramolecular Hbond substituents is 1. The number of aliphatic hydroxyl groups is 1. The van der Waals surface area contributed by atoms with Crippen LogP contribution in [0.25, 0.3) is 0 Å². The van der Waals surface area contributed by atoms with Crippen LogP contribution in [0.3, 0.4) is 0 Å². The lowest BCUT2D eigenvalue weighted by atomic mass is 9.94. The van der Waals surface area contributed by atoms with E-state index in [1.807, 2.05) is 6.07 Å². The Labute approximate surface area is 112 Å². The van der Waals surface area contributed by atoms with Crippen molar-refractivity contribution in [2.45, 2.75) is 25.0 Å². The maximum absolute atomic E-state index is 10.2. The number of hydrogen-bond donors (Lipinski definition) is 3. The van der Waals surface area contributed by atoms with Crippen LogP contribution < -0.4 is 5.32 Å². The molecule has 0 bridgehead atoms. The molecule has 1 aromatic rings. The van der Waals surface area contributed by atoms with Crippen LogP contribution in [0.1, 0.15) is 18.4 Å². The standard InChI is InChI=1S/C13H18ClNO3/c14-11-7-10(1-2-12(11)16)8-15-9-13(17)3-5-18-6-4-13/h1-2,7,15-17H,3-6,8-9H2. The van der Waals surface area contributed by atoms with Gasteiger partial charge in [0.1, 0.15) is 5.75 Å². The zero-order valence-electron chi connectivity index (χ0n) is 10.2. The predicted molar refractivity (Wildman–Crippen MR) is 69.8 cm³/mol. The second kappa shape index (κ2) is 5.89. The highest BCUT2D eigenvalue weighted by molar-refractivity contribution is 6.32. The Balaban J connectivity index is 1.82. The summed E-state index contributed by atoms with van der Waals surface area (Å²) >= 11 is 5.83. The smallest absolute Gasteiger partial charge is 0.134 e. The normalized spacial score (nSPS) is 18.8. The van der Waals surface area contributed by atoms with Crippen molar-refractivity contribution < 1.29 is 14.9 Å². The molecule has 18 heavy (non-hydrogen) atoms. The van der Waals surface area contributed by atoms with Gasteiger partial charge >= 0.3 is 0 Å². The van der Waals surface area contributed by atoms with Crippen molar-refractivity contribution in [2.24, 2.45) is 0 Å². The van der Waals surface area contributed by atoms with Crippen LogP contribution in [0, 0.1) is 0 Å². The van der Waals surface area contributed by atoms with Crippen molar-refractivity contribution in [3.63, 3.8) is 0 Å². The SMILES string of the molecule is Oc1ccc(CNCC2(O)CCOCC2)cc1Cl. The van der Waals surface area contributed by atoms with Crippen LogP contribution in [0.4, 0.5) is 0 Å². The molecule has 1 fully saturated rings. The first-order valence-electron chi connectivity index (χ1n) is 6.07. The maximum Gasteiger partial charge on any atom is 0.134 e. The van der Waals surface area contributed by atoms with E-state index in [9.17, 15) is 10.2 Å². The summed E-state index contributed by atoms with van der Waals surface area (Å²) in [5.41, 5.74) is 0.312. The Kier molecular flexibility index (Phi) is 4.45. The molecule has 5 heteroatoms. The number of benzene rings is 1. The first kappa shape index (κ1) is 13.6. The van der Waals surface area contributed by atoms with Gasteiger partial charge in [-0.05, 0) is 17.7 Å². The number of rotatable bonds is 4. The average molecular weight is 272 g/mol. The highest BCUT2D eigenvalue weighted by Crippen LogP contribution is 2.24. The summed E-state index contributed by atoms with van der Waals surface area (Å²) in [5, 5.41) is 23.1. The van der Waals surface area contributed by atoms with Gasteiger partial charge in [0, 0.05) is 39.1 Å². The van der Waals surface area contributed by atoms with Crippen molar-refractivity contribution in [3.05, 3.63) is 28.8 Å². The largest absolute Gasteiger partial charge is 0.506 e. The Hall–Kier alpha value is -0.810. The fourth-order valence-corrected chi connectivity index (χ4v) is 2.23. The molecule has 0 saturated carbocycles. The Morgan fingerprint density at radius 1 is 1.33 bits per heavy atom. The molecule has 1 aliphatic heterocycles. The number of ether oxygens (including phenoxy) is 1. The minimum atomic E-state index is -0.668. The zero-order chi connectivity index (χ0) is 13.0. The number of hydrogen-bond acceptors (Lipinski definition) is 4. The van der Waals surface area contributed by atoms with Gasteiger partial charge in [0.15, 0.2) is 0 Å². The highest BCUT2D eigenvalue weighted by atomic mass is 35.5. The van der Waals surface area contributed by atoms with Crippen molar-refractivity contribution in [3.8, 4) is 5.75 Å². The van der Waals surface area contributed by atoms with E-state index in [2.05, 4.69) is 5.32 Å². The van der Waals surface area contributed by atoms with Crippen LogP contribution in [0.2, 0.25) is 5.02 Å². The van der Waals surface area contributed by atoms with Crippen molar-refractivity contribution in [2.75, 3.05) is 19.8 Å². The summed E-state index contributed by atoms with van der Waals surface area (Å²) in [4.78, 5) is 0. The van der Waals surface area contributed by atoms with Crippen LogP contribution in [-0.2, 0) is 11.3 Å². The van der Waals surface area contributed by atoms with Crippen molar-refractivity contribution in [1.82, 2.24) is 5.32 Å². The molecule has 0 amide bonds. The summed E-state index contributed by atoms with van der Waals surface area (Å²) < 4.78 is 5.23. The molecular formula is C13H18ClNO3. The Bertz CT molecular complexity index is 405. The summed E-state index contributed by atoms with van der Waals surface area (Å²) in [6, 6.07) is 5.10. The van der Waals surface area contributed by atoms with E-state index in [0.29, 0.717) is 44.2 Å². The first-order valence-corrected chi connectivity index (χ1v) is 6.45. The van der Waals surface area contributed by atoms with E-state index in [1.54, 1.807) is 12.1 Å². The van der Waals surface area contributed by atoms with Gasteiger partial charge in [-0.25, -0.2) is 0 Å². The lowest BCUT2D eigenvalue weighted by Crippen LogP contribution is -2.44. The van der Waals surface area contributed by atoms with Crippen LogP contribution in [-0.4, -0.2) is 35.6 Å². The second-order valence-corrected chi connectivity index (χ2v) is 5.13. The van der Waals surface area contributed by atoms with E-state index in [1.165, 1.54) is 0 Å². The van der Waals surface area contributed by atoms with E-state index >= 15 is 0 Å². The van der Waals surface area contributed by atoms with Crippen molar-refractivity contribution >= 4 is 11.6 Å². The van der Waals surface area contributed by atoms with Crippen LogP contribution >= 0.6 is 11.6 Å². The molecule has 1 heterocycles. The lowest BCUT2D eigenvalue weighted by Gasteiger charge is -2.32.